The van der Waals surface area contributed by atoms with E-state index in [9.17, 15) is 27.1 Å². The molecule has 0 aliphatic carbocycles. The minimum absolute atomic E-state index is 0.000892. The van der Waals surface area contributed by atoms with Crippen molar-refractivity contribution < 1.29 is 31.8 Å². The molecule has 2 aliphatic rings. The zero-order chi connectivity index (χ0) is 26.5. The summed E-state index contributed by atoms with van der Waals surface area (Å²) in [5, 5.41) is 14.5. The van der Waals surface area contributed by atoms with E-state index < -0.39 is 51.9 Å². The van der Waals surface area contributed by atoms with Gasteiger partial charge in [-0.2, -0.15) is 9.19 Å². The van der Waals surface area contributed by atoms with E-state index in [2.05, 4.69) is 5.10 Å². The largest absolute Gasteiger partial charge is 0.480 e. The van der Waals surface area contributed by atoms with Gasteiger partial charge in [0.1, 0.15) is 23.8 Å². The number of carbonyl (C=O) groups is 1. The van der Waals surface area contributed by atoms with Gasteiger partial charge in [-0.1, -0.05) is 30.3 Å². The normalized spacial score (nSPS) is 24.2. The Bertz CT molecular complexity index is 1450. The van der Waals surface area contributed by atoms with Crippen LogP contribution in [0.25, 0.3) is 0 Å². The van der Waals surface area contributed by atoms with E-state index in [4.69, 9.17) is 10.5 Å². The van der Waals surface area contributed by atoms with Crippen molar-refractivity contribution in [1.82, 2.24) is 14.1 Å². The maximum absolute atomic E-state index is 14.4. The summed E-state index contributed by atoms with van der Waals surface area (Å²) in [6.45, 7) is 0.00357. The van der Waals surface area contributed by atoms with Gasteiger partial charge in [0.05, 0.1) is 24.3 Å². The van der Waals surface area contributed by atoms with Crippen molar-refractivity contribution >= 4 is 16.0 Å². The Morgan fingerprint density at radius 1 is 1.22 bits per heavy atom. The fourth-order valence-corrected chi connectivity index (χ4v) is 6.12. The van der Waals surface area contributed by atoms with Crippen molar-refractivity contribution in [3.63, 3.8) is 0 Å². The molecular formula is C25H26F2N4O5S. The molecule has 37 heavy (non-hydrogen) atoms. The van der Waals surface area contributed by atoms with E-state index in [0.29, 0.717) is 11.3 Å². The monoisotopic (exact) mass is 532 g/mol. The fourth-order valence-electron chi connectivity index (χ4n) is 5.31. The number of hydrogen-bond acceptors (Lipinski definition) is 7. The zero-order valence-corrected chi connectivity index (χ0v) is 20.7. The second-order valence-corrected chi connectivity index (χ2v) is 11.3. The third kappa shape index (κ3) is 4.77. The first-order chi connectivity index (χ1) is 17.5. The number of hydrogen-bond donors (Lipinski definition) is 2. The van der Waals surface area contributed by atoms with E-state index in [1.54, 1.807) is 4.90 Å². The first-order valence-corrected chi connectivity index (χ1v) is 13.5. The number of carboxylic acids is 1. The van der Waals surface area contributed by atoms with E-state index in [1.807, 2.05) is 30.3 Å². The van der Waals surface area contributed by atoms with Crippen molar-refractivity contribution in [3.8, 4) is 0 Å². The highest BCUT2D eigenvalue weighted by Crippen LogP contribution is 2.42. The molecule has 12 heteroatoms. The first kappa shape index (κ1) is 25.5. The van der Waals surface area contributed by atoms with Crippen molar-refractivity contribution in [2.24, 2.45) is 5.73 Å². The molecule has 1 fully saturated rings. The van der Waals surface area contributed by atoms with Crippen LogP contribution in [-0.2, 0) is 32.5 Å². The average Bonchev–Trinajstić information content (AvgIpc) is 3.39. The van der Waals surface area contributed by atoms with E-state index >= 15 is 0 Å². The van der Waals surface area contributed by atoms with Crippen molar-refractivity contribution in [1.29, 1.82) is 0 Å². The topological polar surface area (TPSA) is 128 Å². The molecule has 0 bridgehead atoms. The van der Waals surface area contributed by atoms with Crippen molar-refractivity contribution in [2.75, 3.05) is 12.9 Å². The second kappa shape index (κ2) is 9.60. The molecule has 9 nitrogen and oxygen atoms in total. The highest BCUT2D eigenvalue weighted by atomic mass is 32.2. The molecular weight excluding hydrogens is 506 g/mol. The summed E-state index contributed by atoms with van der Waals surface area (Å²) in [4.78, 5) is 14.2. The molecule has 2 aliphatic heterocycles. The summed E-state index contributed by atoms with van der Waals surface area (Å²) in [5.41, 5.74) is 8.17. The van der Waals surface area contributed by atoms with E-state index in [-0.39, 0.29) is 37.3 Å². The van der Waals surface area contributed by atoms with Crippen molar-refractivity contribution in [3.05, 3.63) is 88.2 Å². The van der Waals surface area contributed by atoms with Crippen LogP contribution in [0, 0.1) is 11.6 Å². The molecule has 2 aromatic carbocycles. The Labute approximate surface area is 212 Å². The van der Waals surface area contributed by atoms with Crippen LogP contribution in [0.3, 0.4) is 0 Å². The summed E-state index contributed by atoms with van der Waals surface area (Å²) in [6, 6.07) is 9.86. The standard InChI is InChI=1S/C25H26F2N4O5S/c1-37(34,35)31-21-12-30(16-11-19(28)24(36-13-16)17-10-15(26)7-8-18(17)27)23(25(32)33)22(21)20(29-31)9-14-5-3-2-4-6-14/h2-8,10,16,19,23-24H,9,11-13,28H2,1H3,(H,32,33)/t16-,19+,23?,24-/m1/s1. The number of benzene rings is 2. The number of carboxylic acid groups (broad SMARTS) is 1. The van der Waals surface area contributed by atoms with Gasteiger partial charge in [-0.05, 0) is 30.2 Å². The van der Waals surface area contributed by atoms with Gasteiger partial charge in [0.2, 0.25) is 0 Å². The molecule has 0 spiro atoms. The molecule has 196 valence electrons. The fraction of sp³-hybridized carbons (Fsp3) is 0.360. The number of aliphatic carboxylic acids is 1. The van der Waals surface area contributed by atoms with Gasteiger partial charge in [0.25, 0.3) is 10.0 Å². The molecule has 0 saturated carbocycles. The SMILES string of the molecule is CS(=O)(=O)n1nc(Cc2ccccc2)c2c1CN([C@H]1CO[C@H](c3cc(F)ccc3F)[C@@H](N)C1)C2C(=O)O. The molecule has 3 N–H and O–H groups in total. The Morgan fingerprint density at radius 3 is 2.59 bits per heavy atom. The quantitative estimate of drug-likeness (QED) is 0.495. The average molecular weight is 533 g/mol. The van der Waals surface area contributed by atoms with E-state index in [1.165, 1.54) is 0 Å². The van der Waals surface area contributed by atoms with Crippen LogP contribution in [0.5, 0.6) is 0 Å². The van der Waals surface area contributed by atoms with Crippen LogP contribution in [-0.4, -0.2) is 58.5 Å². The van der Waals surface area contributed by atoms with Crippen LogP contribution in [0.1, 0.15) is 46.6 Å². The van der Waals surface area contributed by atoms with Gasteiger partial charge in [0.15, 0.2) is 0 Å². The molecule has 3 heterocycles. The third-order valence-corrected chi connectivity index (χ3v) is 7.83. The first-order valence-electron chi connectivity index (χ1n) is 11.7. The number of aromatic nitrogens is 2. The highest BCUT2D eigenvalue weighted by Gasteiger charge is 2.47. The summed E-state index contributed by atoms with van der Waals surface area (Å²) >= 11 is 0. The van der Waals surface area contributed by atoms with Gasteiger partial charge in [-0.25, -0.2) is 17.2 Å². The van der Waals surface area contributed by atoms with Crippen molar-refractivity contribution in [2.45, 2.75) is 43.6 Å². The second-order valence-electron chi connectivity index (χ2n) is 9.46. The lowest BCUT2D eigenvalue weighted by molar-refractivity contribution is -0.146. The van der Waals surface area contributed by atoms with Crippen LogP contribution in [0.4, 0.5) is 8.78 Å². The molecule has 0 amide bonds. The smallest absolute Gasteiger partial charge is 0.325 e. The Kier molecular flexibility index (Phi) is 6.61. The predicted octanol–water partition coefficient (Wildman–Crippen LogP) is 2.36. The predicted molar refractivity (Wildman–Crippen MR) is 129 cm³/mol. The maximum atomic E-state index is 14.4. The van der Waals surface area contributed by atoms with Gasteiger partial charge in [0, 0.05) is 36.2 Å². The molecule has 5 rings (SSSR count). The summed E-state index contributed by atoms with van der Waals surface area (Å²) in [6.07, 6.45) is 0.600. The number of halogens is 2. The third-order valence-electron chi connectivity index (χ3n) is 6.90. The minimum Gasteiger partial charge on any atom is -0.480 e. The van der Waals surface area contributed by atoms with Crippen LogP contribution in [0.2, 0.25) is 0 Å². The molecule has 1 aromatic heterocycles. The molecule has 1 saturated heterocycles. The Hall–Kier alpha value is -3.19. The van der Waals surface area contributed by atoms with Gasteiger partial charge < -0.3 is 15.6 Å². The molecule has 4 atom stereocenters. The van der Waals surface area contributed by atoms with Crippen LogP contribution in [0.15, 0.2) is 48.5 Å². The van der Waals surface area contributed by atoms with Crippen LogP contribution < -0.4 is 5.73 Å². The molecule has 0 radical (unpaired) electrons. The molecule has 3 aromatic rings. The summed E-state index contributed by atoms with van der Waals surface area (Å²) in [5.74, 6) is -2.42. The van der Waals surface area contributed by atoms with E-state index in [0.717, 1.165) is 34.1 Å². The zero-order valence-electron chi connectivity index (χ0n) is 19.9. The minimum atomic E-state index is -3.81. The Balaban J connectivity index is 1.47. The lowest BCUT2D eigenvalue weighted by Gasteiger charge is -2.40. The number of nitrogens with zero attached hydrogens (tertiary/aromatic N) is 3. The summed E-state index contributed by atoms with van der Waals surface area (Å²) in [7, 11) is -3.81. The van der Waals surface area contributed by atoms with Gasteiger partial charge in [-0.3, -0.25) is 9.69 Å². The number of fused-ring (bicyclic) bond motifs is 1. The summed E-state index contributed by atoms with van der Waals surface area (Å²) < 4.78 is 60.0. The van der Waals surface area contributed by atoms with Crippen LogP contribution >= 0.6 is 0 Å². The number of rotatable bonds is 6. The Morgan fingerprint density at radius 2 is 1.95 bits per heavy atom. The maximum Gasteiger partial charge on any atom is 0.325 e. The lowest BCUT2D eigenvalue weighted by Crippen LogP contribution is -2.50. The van der Waals surface area contributed by atoms with Gasteiger partial charge >= 0.3 is 5.97 Å². The van der Waals surface area contributed by atoms with Gasteiger partial charge in [-0.15, -0.1) is 0 Å². The number of nitrogens with two attached hydrogens (primary N) is 1. The lowest BCUT2D eigenvalue weighted by atomic mass is 9.92. The highest BCUT2D eigenvalue weighted by molar-refractivity contribution is 7.89. The number of ether oxygens (including phenoxy) is 1. The molecule has 1 unspecified atom stereocenters.